The van der Waals surface area contributed by atoms with Gasteiger partial charge in [0.25, 0.3) is 5.56 Å². The molecule has 2 unspecified atom stereocenters. The molecule has 2 N–H and O–H groups in total. The van der Waals surface area contributed by atoms with Gasteiger partial charge in [-0.05, 0) is 6.92 Å². The number of aliphatic hydroxyl groups excluding tert-OH is 1. The van der Waals surface area contributed by atoms with Gasteiger partial charge >= 0.3 is 11.7 Å². The second-order valence-corrected chi connectivity index (χ2v) is 5.62. The molecule has 1 fully saturated rings. The first-order valence-corrected chi connectivity index (χ1v) is 7.67. The van der Waals surface area contributed by atoms with E-state index in [1.807, 2.05) is 0 Å². The molecule has 1 aliphatic heterocycles. The molecule has 0 spiro atoms. The Morgan fingerprint density at radius 3 is 2.60 bits per heavy atom. The van der Waals surface area contributed by atoms with Gasteiger partial charge in [0, 0.05) is 25.8 Å². The molecule has 1 saturated heterocycles. The number of nitrogens with one attached hydrogen (secondary N) is 1. The number of hydrogen-bond acceptors (Lipinski definition) is 8. The van der Waals surface area contributed by atoms with Crippen LogP contribution >= 0.6 is 0 Å². The van der Waals surface area contributed by atoms with E-state index in [9.17, 15) is 24.3 Å². The highest BCUT2D eigenvalue weighted by molar-refractivity contribution is 5.81. The van der Waals surface area contributed by atoms with E-state index in [0.717, 1.165) is 10.6 Å². The zero-order valence-corrected chi connectivity index (χ0v) is 13.8. The number of methoxy groups -OCH3 is 1. The summed E-state index contributed by atoms with van der Waals surface area (Å²) in [5.74, 6) is -0.793. The van der Waals surface area contributed by atoms with Gasteiger partial charge in [-0.25, -0.2) is 4.79 Å². The molecular formula is C15H20N2O8. The fourth-order valence-electron chi connectivity index (χ4n) is 2.59. The molecule has 25 heavy (non-hydrogen) atoms. The molecule has 1 aromatic rings. The molecule has 0 radical (unpaired) electrons. The van der Waals surface area contributed by atoms with Gasteiger partial charge in [0.2, 0.25) is 0 Å². The number of ether oxygens (including phenoxy) is 3. The van der Waals surface area contributed by atoms with E-state index in [4.69, 9.17) is 14.2 Å². The number of aromatic nitrogens is 2. The SMILES string of the molecule is COC1C(OC(=O)CCC(C)=O)[C@@H](CO)O[C@H]1n1ccc(=O)[nH]c1=O. The first kappa shape index (κ1) is 19.0. The summed E-state index contributed by atoms with van der Waals surface area (Å²) in [5, 5.41) is 9.49. The minimum absolute atomic E-state index is 0.0384. The van der Waals surface area contributed by atoms with Crippen LogP contribution in [0.5, 0.6) is 0 Å². The molecule has 2 heterocycles. The molecular weight excluding hydrogens is 336 g/mol. The fraction of sp³-hybridized carbons (Fsp3) is 0.600. The van der Waals surface area contributed by atoms with E-state index >= 15 is 0 Å². The number of aliphatic hydroxyl groups is 1. The third-order valence-electron chi connectivity index (χ3n) is 3.81. The summed E-state index contributed by atoms with van der Waals surface area (Å²) < 4.78 is 17.3. The number of nitrogens with zero attached hydrogens (tertiary/aromatic N) is 1. The number of esters is 1. The van der Waals surface area contributed by atoms with Crippen LogP contribution in [-0.2, 0) is 23.8 Å². The smallest absolute Gasteiger partial charge is 0.330 e. The summed E-state index contributed by atoms with van der Waals surface area (Å²) in [7, 11) is 1.34. The van der Waals surface area contributed by atoms with E-state index in [2.05, 4.69) is 4.98 Å². The van der Waals surface area contributed by atoms with Crippen molar-refractivity contribution in [3.05, 3.63) is 33.1 Å². The summed E-state index contributed by atoms with van der Waals surface area (Å²) in [6.07, 6.45) is -2.63. The van der Waals surface area contributed by atoms with Crippen LogP contribution in [0.2, 0.25) is 0 Å². The molecule has 10 nitrogen and oxygen atoms in total. The van der Waals surface area contributed by atoms with E-state index in [1.165, 1.54) is 20.2 Å². The zero-order chi connectivity index (χ0) is 18.6. The predicted octanol–water partition coefficient (Wildman–Crippen LogP) is -1.28. The Labute approximate surface area is 142 Å². The lowest BCUT2D eigenvalue weighted by Crippen LogP contribution is -2.41. The van der Waals surface area contributed by atoms with Crippen LogP contribution in [0.1, 0.15) is 26.0 Å². The Kier molecular flexibility index (Phi) is 6.23. The van der Waals surface area contributed by atoms with Gasteiger partial charge in [-0.1, -0.05) is 0 Å². The number of ketones is 1. The number of carbonyl (C=O) groups is 2. The van der Waals surface area contributed by atoms with Crippen molar-refractivity contribution >= 4 is 11.8 Å². The third-order valence-corrected chi connectivity index (χ3v) is 3.81. The first-order valence-electron chi connectivity index (χ1n) is 7.67. The Balaban J connectivity index is 2.22. The van der Waals surface area contributed by atoms with Crippen LogP contribution < -0.4 is 11.2 Å². The lowest BCUT2D eigenvalue weighted by molar-refractivity contribution is -0.158. The molecule has 4 atom stereocenters. The summed E-state index contributed by atoms with van der Waals surface area (Å²) in [6.45, 7) is 0.887. The minimum Gasteiger partial charge on any atom is -0.456 e. The van der Waals surface area contributed by atoms with Gasteiger partial charge in [-0.15, -0.1) is 0 Å². The predicted molar refractivity (Wildman–Crippen MR) is 82.9 cm³/mol. The largest absolute Gasteiger partial charge is 0.456 e. The quantitative estimate of drug-likeness (QED) is 0.577. The molecule has 2 rings (SSSR count). The van der Waals surface area contributed by atoms with Crippen molar-refractivity contribution in [1.82, 2.24) is 9.55 Å². The van der Waals surface area contributed by atoms with Gasteiger partial charge < -0.3 is 24.1 Å². The second kappa shape index (κ2) is 8.19. The third kappa shape index (κ3) is 4.41. The molecule has 0 aliphatic carbocycles. The van der Waals surface area contributed by atoms with Gasteiger partial charge in [0.15, 0.2) is 12.3 Å². The molecule has 0 saturated carbocycles. The summed E-state index contributed by atoms with van der Waals surface area (Å²) in [6, 6.07) is 1.14. The fourth-order valence-corrected chi connectivity index (χ4v) is 2.59. The standard InChI is InChI=1S/C15H20N2O8/c1-8(19)3-4-11(21)25-12-9(7-18)24-14(13(12)23-2)17-6-5-10(20)16-15(17)22/h5-6,9,12-14,18H,3-4,7H2,1-2H3,(H,16,20,22)/t9-,12?,13?,14-/m1/s1. The first-order chi connectivity index (χ1) is 11.9. The Morgan fingerprint density at radius 1 is 1.32 bits per heavy atom. The number of hydrogen-bond donors (Lipinski definition) is 2. The molecule has 138 valence electrons. The lowest BCUT2D eigenvalue weighted by Gasteiger charge is -2.23. The van der Waals surface area contributed by atoms with Crippen molar-refractivity contribution in [1.29, 1.82) is 0 Å². The van der Waals surface area contributed by atoms with Crippen LogP contribution in [0.4, 0.5) is 0 Å². The van der Waals surface area contributed by atoms with Crippen molar-refractivity contribution in [2.24, 2.45) is 0 Å². The van der Waals surface area contributed by atoms with Crippen molar-refractivity contribution in [2.75, 3.05) is 13.7 Å². The number of Topliss-reactive ketones (excluding diaryl/α,β-unsaturated/α-hetero) is 1. The molecule has 1 aromatic heterocycles. The summed E-state index contributed by atoms with van der Waals surface area (Å²) in [5.41, 5.74) is -1.29. The van der Waals surface area contributed by atoms with Crippen LogP contribution in [0.25, 0.3) is 0 Å². The van der Waals surface area contributed by atoms with Crippen LogP contribution in [-0.4, -0.2) is 58.4 Å². The maximum Gasteiger partial charge on any atom is 0.330 e. The Bertz CT molecular complexity index is 740. The van der Waals surface area contributed by atoms with Gasteiger partial charge in [-0.2, -0.15) is 0 Å². The Morgan fingerprint density at radius 2 is 2.04 bits per heavy atom. The highest BCUT2D eigenvalue weighted by atomic mass is 16.6. The number of H-pyrrole nitrogens is 1. The number of aromatic amines is 1. The lowest BCUT2D eigenvalue weighted by atomic mass is 10.1. The van der Waals surface area contributed by atoms with Crippen LogP contribution in [0.3, 0.4) is 0 Å². The molecule has 0 aromatic carbocycles. The maximum atomic E-state index is 12.0. The van der Waals surface area contributed by atoms with Crippen molar-refractivity contribution in [3.63, 3.8) is 0 Å². The van der Waals surface area contributed by atoms with E-state index in [-0.39, 0.29) is 18.6 Å². The van der Waals surface area contributed by atoms with E-state index in [1.54, 1.807) is 0 Å². The van der Waals surface area contributed by atoms with Gasteiger partial charge in [-0.3, -0.25) is 19.1 Å². The number of rotatable bonds is 7. The van der Waals surface area contributed by atoms with Crippen LogP contribution in [0.15, 0.2) is 21.9 Å². The molecule has 0 bridgehead atoms. The molecule has 10 heteroatoms. The second-order valence-electron chi connectivity index (χ2n) is 5.62. The summed E-state index contributed by atoms with van der Waals surface area (Å²) >= 11 is 0. The maximum absolute atomic E-state index is 12.0. The molecule has 1 aliphatic rings. The van der Waals surface area contributed by atoms with Crippen molar-refractivity contribution in [3.8, 4) is 0 Å². The average molecular weight is 356 g/mol. The average Bonchev–Trinajstić information content (AvgIpc) is 2.90. The van der Waals surface area contributed by atoms with E-state index < -0.39 is 48.4 Å². The summed E-state index contributed by atoms with van der Waals surface area (Å²) in [4.78, 5) is 48.1. The van der Waals surface area contributed by atoms with Gasteiger partial charge in [0.1, 0.15) is 18.0 Å². The van der Waals surface area contributed by atoms with Crippen LogP contribution in [0, 0.1) is 0 Å². The highest BCUT2D eigenvalue weighted by Crippen LogP contribution is 2.32. The number of carbonyl (C=O) groups excluding carboxylic acids is 2. The minimum atomic E-state index is -1.00. The van der Waals surface area contributed by atoms with Crippen molar-refractivity contribution in [2.45, 2.75) is 44.3 Å². The Hall–Kier alpha value is -2.30. The zero-order valence-electron chi connectivity index (χ0n) is 13.8. The monoisotopic (exact) mass is 356 g/mol. The highest BCUT2D eigenvalue weighted by Gasteiger charge is 2.48. The van der Waals surface area contributed by atoms with Crippen molar-refractivity contribution < 1.29 is 28.9 Å². The van der Waals surface area contributed by atoms with E-state index in [0.29, 0.717) is 0 Å². The normalized spacial score (nSPS) is 25.7. The molecule has 0 amide bonds. The van der Waals surface area contributed by atoms with Gasteiger partial charge in [0.05, 0.1) is 13.0 Å². The topological polar surface area (TPSA) is 137 Å².